The Kier molecular flexibility index (Phi) is 4.27. The molecule has 0 aliphatic carbocycles. The molecule has 0 spiro atoms. The Morgan fingerprint density at radius 1 is 1.26 bits per heavy atom. The minimum absolute atomic E-state index is 0.441. The maximum absolute atomic E-state index is 9.95. The zero-order valence-electron chi connectivity index (χ0n) is 12.1. The van der Waals surface area contributed by atoms with Crippen LogP contribution in [0, 0.1) is 0 Å². The van der Waals surface area contributed by atoms with Gasteiger partial charge in [0, 0.05) is 29.2 Å². The lowest BCUT2D eigenvalue weighted by Gasteiger charge is -2.08. The van der Waals surface area contributed by atoms with E-state index in [1.54, 1.807) is 0 Å². The molecule has 0 radical (unpaired) electrons. The van der Waals surface area contributed by atoms with E-state index in [9.17, 15) is 5.11 Å². The van der Waals surface area contributed by atoms with Crippen molar-refractivity contribution in [1.82, 2.24) is 4.57 Å². The topological polar surface area (TPSA) is 51.2 Å². The molecule has 104 valence electrons. The summed E-state index contributed by atoms with van der Waals surface area (Å²) >= 11 is 0. The van der Waals surface area contributed by atoms with Crippen LogP contribution in [0.25, 0.3) is 10.9 Å². The Labute approximate surface area is 115 Å². The monoisotopic (exact) mass is 260 g/mol. The van der Waals surface area contributed by atoms with E-state index in [0.717, 1.165) is 18.5 Å². The summed E-state index contributed by atoms with van der Waals surface area (Å²) in [5.41, 5.74) is 9.10. The molecule has 0 saturated carbocycles. The number of hydrogen-bond acceptors (Lipinski definition) is 2. The van der Waals surface area contributed by atoms with Gasteiger partial charge in [0.25, 0.3) is 0 Å². The van der Waals surface area contributed by atoms with Crippen molar-refractivity contribution in [1.29, 1.82) is 0 Å². The molecule has 2 rings (SSSR count). The van der Waals surface area contributed by atoms with Crippen LogP contribution in [-0.2, 0) is 6.54 Å². The summed E-state index contributed by atoms with van der Waals surface area (Å²) in [6.45, 7) is 7.79. The third-order valence-corrected chi connectivity index (χ3v) is 3.66. The van der Waals surface area contributed by atoms with Crippen LogP contribution in [0.15, 0.2) is 24.4 Å². The fourth-order valence-electron chi connectivity index (χ4n) is 2.48. The summed E-state index contributed by atoms with van der Waals surface area (Å²) in [4.78, 5) is 0. The SMILES string of the molecule is CC(C)c1ccc2c(c1)c(C(C)O)cn2CCCN. The second-order valence-corrected chi connectivity index (χ2v) is 5.53. The van der Waals surface area contributed by atoms with E-state index < -0.39 is 6.10 Å². The van der Waals surface area contributed by atoms with Crippen LogP contribution in [0.2, 0.25) is 0 Å². The lowest BCUT2D eigenvalue weighted by Crippen LogP contribution is -2.04. The number of aryl methyl sites for hydroxylation is 1. The molecule has 19 heavy (non-hydrogen) atoms. The molecule has 1 unspecified atom stereocenters. The van der Waals surface area contributed by atoms with Gasteiger partial charge in [-0.25, -0.2) is 0 Å². The summed E-state index contributed by atoms with van der Waals surface area (Å²) in [6.07, 6.45) is 2.58. The fourth-order valence-corrected chi connectivity index (χ4v) is 2.48. The molecule has 1 heterocycles. The molecule has 2 aromatic rings. The molecule has 0 aliphatic rings. The molecule has 0 amide bonds. The number of nitrogens with zero attached hydrogens (tertiary/aromatic N) is 1. The average Bonchev–Trinajstić information content (AvgIpc) is 2.74. The first-order valence-electron chi connectivity index (χ1n) is 7.05. The van der Waals surface area contributed by atoms with E-state index in [0.29, 0.717) is 12.5 Å². The third-order valence-electron chi connectivity index (χ3n) is 3.66. The van der Waals surface area contributed by atoms with Gasteiger partial charge in [0.05, 0.1) is 6.10 Å². The van der Waals surface area contributed by atoms with Crippen LogP contribution >= 0.6 is 0 Å². The number of aliphatic hydroxyl groups is 1. The van der Waals surface area contributed by atoms with Gasteiger partial charge < -0.3 is 15.4 Å². The Bertz CT molecular complexity index is 555. The smallest absolute Gasteiger partial charge is 0.0782 e. The van der Waals surface area contributed by atoms with Gasteiger partial charge in [-0.3, -0.25) is 0 Å². The molecule has 0 bridgehead atoms. The van der Waals surface area contributed by atoms with Gasteiger partial charge in [0.2, 0.25) is 0 Å². The summed E-state index contributed by atoms with van der Waals surface area (Å²) < 4.78 is 2.20. The summed E-state index contributed by atoms with van der Waals surface area (Å²) in [6, 6.07) is 6.55. The highest BCUT2D eigenvalue weighted by atomic mass is 16.3. The van der Waals surface area contributed by atoms with Gasteiger partial charge in [-0.05, 0) is 43.5 Å². The first-order valence-corrected chi connectivity index (χ1v) is 7.05. The molecule has 3 heteroatoms. The van der Waals surface area contributed by atoms with Crippen LogP contribution in [-0.4, -0.2) is 16.2 Å². The van der Waals surface area contributed by atoms with Crippen LogP contribution in [0.3, 0.4) is 0 Å². The maximum Gasteiger partial charge on any atom is 0.0782 e. The second-order valence-electron chi connectivity index (χ2n) is 5.53. The number of rotatable bonds is 5. The molecule has 0 aliphatic heterocycles. The highest BCUT2D eigenvalue weighted by molar-refractivity contribution is 5.85. The van der Waals surface area contributed by atoms with E-state index in [-0.39, 0.29) is 0 Å². The van der Waals surface area contributed by atoms with Gasteiger partial charge in [0.15, 0.2) is 0 Å². The maximum atomic E-state index is 9.95. The number of aromatic nitrogens is 1. The Balaban J connectivity index is 2.54. The number of hydrogen-bond donors (Lipinski definition) is 2. The van der Waals surface area contributed by atoms with Gasteiger partial charge in [-0.2, -0.15) is 0 Å². The zero-order valence-corrected chi connectivity index (χ0v) is 12.1. The van der Waals surface area contributed by atoms with Crippen molar-refractivity contribution in [2.24, 2.45) is 5.73 Å². The molecule has 3 nitrogen and oxygen atoms in total. The van der Waals surface area contributed by atoms with E-state index in [2.05, 4.69) is 42.8 Å². The second kappa shape index (κ2) is 5.76. The molecule has 1 aromatic carbocycles. The summed E-state index contributed by atoms with van der Waals surface area (Å²) in [5, 5.41) is 11.1. The average molecular weight is 260 g/mol. The van der Waals surface area contributed by atoms with Crippen LogP contribution in [0.4, 0.5) is 0 Å². The van der Waals surface area contributed by atoms with E-state index in [1.165, 1.54) is 16.5 Å². The number of benzene rings is 1. The Hall–Kier alpha value is -1.32. The highest BCUT2D eigenvalue weighted by Gasteiger charge is 2.13. The fraction of sp³-hybridized carbons (Fsp3) is 0.500. The first-order chi connectivity index (χ1) is 9.04. The predicted octanol–water partition coefficient (Wildman–Crippen LogP) is 3.17. The molecule has 0 fully saturated rings. The van der Waals surface area contributed by atoms with Crippen molar-refractivity contribution in [3.05, 3.63) is 35.5 Å². The number of aliphatic hydroxyl groups excluding tert-OH is 1. The first kappa shape index (κ1) is 14.1. The van der Waals surface area contributed by atoms with Crippen LogP contribution in [0.5, 0.6) is 0 Å². The molecule has 0 saturated heterocycles. The molecular weight excluding hydrogens is 236 g/mol. The van der Waals surface area contributed by atoms with Crippen LogP contribution in [0.1, 0.15) is 50.3 Å². The van der Waals surface area contributed by atoms with Crippen molar-refractivity contribution in [2.75, 3.05) is 6.54 Å². The molecule has 1 atom stereocenters. The standard InChI is InChI=1S/C16H24N2O/c1-11(2)13-5-6-16-14(9-13)15(12(3)19)10-18(16)8-4-7-17/h5-6,9-12,19H,4,7-8,17H2,1-3H3. The van der Waals surface area contributed by atoms with Crippen molar-refractivity contribution in [2.45, 2.75) is 45.8 Å². The number of nitrogens with two attached hydrogens (primary N) is 1. The zero-order chi connectivity index (χ0) is 14.0. The van der Waals surface area contributed by atoms with Crippen molar-refractivity contribution >= 4 is 10.9 Å². The van der Waals surface area contributed by atoms with Crippen molar-refractivity contribution in [3.8, 4) is 0 Å². The van der Waals surface area contributed by atoms with E-state index in [1.807, 2.05) is 6.92 Å². The van der Waals surface area contributed by atoms with Crippen molar-refractivity contribution < 1.29 is 5.11 Å². The molecule has 3 N–H and O–H groups in total. The quantitative estimate of drug-likeness (QED) is 0.867. The van der Waals surface area contributed by atoms with Crippen molar-refractivity contribution in [3.63, 3.8) is 0 Å². The van der Waals surface area contributed by atoms with Crippen LogP contribution < -0.4 is 5.73 Å². The normalized spacial score (nSPS) is 13.4. The van der Waals surface area contributed by atoms with E-state index in [4.69, 9.17) is 5.73 Å². The molecular formula is C16H24N2O. The predicted molar refractivity (Wildman–Crippen MR) is 80.3 cm³/mol. The Morgan fingerprint density at radius 2 is 2.00 bits per heavy atom. The van der Waals surface area contributed by atoms with Gasteiger partial charge in [-0.15, -0.1) is 0 Å². The molecule has 1 aromatic heterocycles. The summed E-state index contributed by atoms with van der Waals surface area (Å²) in [5.74, 6) is 0.499. The van der Waals surface area contributed by atoms with E-state index >= 15 is 0 Å². The minimum Gasteiger partial charge on any atom is -0.389 e. The third kappa shape index (κ3) is 2.82. The minimum atomic E-state index is -0.441. The van der Waals surface area contributed by atoms with Gasteiger partial charge >= 0.3 is 0 Å². The lowest BCUT2D eigenvalue weighted by atomic mass is 9.99. The Morgan fingerprint density at radius 3 is 2.58 bits per heavy atom. The van der Waals surface area contributed by atoms with Gasteiger partial charge in [0.1, 0.15) is 0 Å². The van der Waals surface area contributed by atoms with Gasteiger partial charge in [-0.1, -0.05) is 19.9 Å². The lowest BCUT2D eigenvalue weighted by molar-refractivity contribution is 0.200. The largest absolute Gasteiger partial charge is 0.389 e. The highest BCUT2D eigenvalue weighted by Crippen LogP contribution is 2.29. The number of fused-ring (bicyclic) bond motifs is 1. The summed E-state index contributed by atoms with van der Waals surface area (Å²) in [7, 11) is 0.